The van der Waals surface area contributed by atoms with Gasteiger partial charge in [0.1, 0.15) is 11.5 Å². The zero-order valence-corrected chi connectivity index (χ0v) is 11.0. The molecule has 1 aromatic heterocycles. The average molecular weight is 236 g/mol. The largest absolute Gasteiger partial charge is 0.465 e. The molecule has 0 radical (unpaired) electrons. The molecule has 0 saturated carbocycles. The second kappa shape index (κ2) is 6.22. The van der Waals surface area contributed by atoms with Crippen molar-refractivity contribution in [1.82, 2.24) is 10.2 Å². The van der Waals surface area contributed by atoms with E-state index in [-0.39, 0.29) is 0 Å². The Morgan fingerprint density at radius 2 is 2.24 bits per heavy atom. The lowest BCUT2D eigenvalue weighted by Gasteiger charge is -2.27. The summed E-state index contributed by atoms with van der Waals surface area (Å²) in [5, 5.41) is 3.47. The molecular weight excluding hydrogens is 212 g/mol. The molecule has 0 aromatic carbocycles. The summed E-state index contributed by atoms with van der Waals surface area (Å²) in [6.07, 6.45) is 3.66. The fourth-order valence-electron chi connectivity index (χ4n) is 2.55. The molecule has 0 aliphatic carbocycles. The maximum Gasteiger partial charge on any atom is 0.118 e. The van der Waals surface area contributed by atoms with Crippen LogP contribution in [0.2, 0.25) is 0 Å². The molecule has 3 nitrogen and oxygen atoms in total. The Bertz CT molecular complexity index is 329. The van der Waals surface area contributed by atoms with E-state index < -0.39 is 0 Å². The second-order valence-electron chi connectivity index (χ2n) is 5.13. The molecule has 1 atom stereocenters. The fourth-order valence-corrected chi connectivity index (χ4v) is 2.55. The Morgan fingerprint density at radius 1 is 1.41 bits per heavy atom. The van der Waals surface area contributed by atoms with Gasteiger partial charge in [0.15, 0.2) is 0 Å². The highest BCUT2D eigenvalue weighted by Crippen LogP contribution is 2.14. The molecule has 96 valence electrons. The fraction of sp³-hybridized carbons (Fsp3) is 0.714. The van der Waals surface area contributed by atoms with Crippen LogP contribution in [-0.4, -0.2) is 31.6 Å². The van der Waals surface area contributed by atoms with Gasteiger partial charge in [-0.05, 0) is 51.0 Å². The predicted molar refractivity (Wildman–Crippen MR) is 70.0 cm³/mol. The molecule has 1 unspecified atom stereocenters. The second-order valence-corrected chi connectivity index (χ2v) is 5.13. The molecule has 2 rings (SSSR count). The monoisotopic (exact) mass is 236 g/mol. The molecule has 1 aromatic rings. The first-order valence-electron chi connectivity index (χ1n) is 6.74. The smallest absolute Gasteiger partial charge is 0.118 e. The van der Waals surface area contributed by atoms with Gasteiger partial charge in [0.2, 0.25) is 0 Å². The topological polar surface area (TPSA) is 28.4 Å². The molecule has 3 heteroatoms. The molecule has 1 aliphatic heterocycles. The number of rotatable bonds is 5. The molecule has 1 N–H and O–H groups in total. The molecule has 1 aliphatic rings. The number of nitrogens with one attached hydrogen (secondary N) is 1. The predicted octanol–water partition coefficient (Wildman–Crippen LogP) is 2.27. The number of aryl methyl sites for hydroxylation is 1. The van der Waals surface area contributed by atoms with Gasteiger partial charge in [-0.25, -0.2) is 0 Å². The van der Waals surface area contributed by atoms with Crippen LogP contribution in [0.1, 0.15) is 31.3 Å². The van der Waals surface area contributed by atoms with Crippen LogP contribution < -0.4 is 5.32 Å². The van der Waals surface area contributed by atoms with Crippen molar-refractivity contribution in [3.63, 3.8) is 0 Å². The summed E-state index contributed by atoms with van der Waals surface area (Å²) in [6.45, 7) is 6.58. The molecule has 1 fully saturated rings. The Balaban J connectivity index is 1.77. The minimum Gasteiger partial charge on any atom is -0.465 e. The van der Waals surface area contributed by atoms with E-state index in [9.17, 15) is 0 Å². The molecule has 1 saturated heterocycles. The molecule has 2 heterocycles. The number of nitrogens with zero attached hydrogens (tertiary/aromatic N) is 1. The third-order valence-corrected chi connectivity index (χ3v) is 3.46. The van der Waals surface area contributed by atoms with Crippen molar-refractivity contribution in [2.45, 2.75) is 32.7 Å². The van der Waals surface area contributed by atoms with Gasteiger partial charge in [-0.1, -0.05) is 6.92 Å². The maximum atomic E-state index is 5.74. The maximum absolute atomic E-state index is 5.74. The number of hydrogen-bond donors (Lipinski definition) is 1. The SMILES string of the molecule is CCc1ccc(CN(C)CC2CCCNC2)o1. The minimum atomic E-state index is 0.800. The number of hydrogen-bond acceptors (Lipinski definition) is 3. The van der Waals surface area contributed by atoms with Crippen molar-refractivity contribution in [2.75, 3.05) is 26.7 Å². The highest BCUT2D eigenvalue weighted by Gasteiger charge is 2.15. The average Bonchev–Trinajstić information content (AvgIpc) is 2.78. The van der Waals surface area contributed by atoms with E-state index >= 15 is 0 Å². The lowest BCUT2D eigenvalue weighted by atomic mass is 9.99. The standard InChI is InChI=1S/C14H24N2O/c1-3-13-6-7-14(17-13)11-16(2)10-12-5-4-8-15-9-12/h6-7,12,15H,3-5,8-11H2,1-2H3. The summed E-state index contributed by atoms with van der Waals surface area (Å²) in [5.74, 6) is 2.98. The lowest BCUT2D eigenvalue weighted by Crippen LogP contribution is -2.36. The first-order chi connectivity index (χ1) is 8.28. The first kappa shape index (κ1) is 12.7. The van der Waals surface area contributed by atoms with Crippen molar-refractivity contribution >= 4 is 0 Å². The summed E-state index contributed by atoms with van der Waals surface area (Å²) in [5.41, 5.74) is 0. The summed E-state index contributed by atoms with van der Waals surface area (Å²) >= 11 is 0. The molecule has 0 spiro atoms. The van der Waals surface area contributed by atoms with Crippen LogP contribution in [-0.2, 0) is 13.0 Å². The van der Waals surface area contributed by atoms with Crippen molar-refractivity contribution in [3.05, 3.63) is 23.7 Å². The van der Waals surface area contributed by atoms with Crippen LogP contribution in [0.15, 0.2) is 16.5 Å². The quantitative estimate of drug-likeness (QED) is 0.850. The summed E-state index contributed by atoms with van der Waals surface area (Å²) in [6, 6.07) is 4.19. The minimum absolute atomic E-state index is 0.800. The Kier molecular flexibility index (Phi) is 4.63. The van der Waals surface area contributed by atoms with Gasteiger partial charge >= 0.3 is 0 Å². The Morgan fingerprint density at radius 3 is 2.88 bits per heavy atom. The number of piperidine rings is 1. The summed E-state index contributed by atoms with van der Waals surface area (Å²) < 4.78 is 5.74. The van der Waals surface area contributed by atoms with Gasteiger partial charge in [-0.2, -0.15) is 0 Å². The van der Waals surface area contributed by atoms with Gasteiger partial charge in [0.05, 0.1) is 6.54 Å². The van der Waals surface area contributed by atoms with E-state index in [1.165, 1.54) is 25.9 Å². The highest BCUT2D eigenvalue weighted by molar-refractivity contribution is 5.06. The van der Waals surface area contributed by atoms with Gasteiger partial charge in [0.25, 0.3) is 0 Å². The van der Waals surface area contributed by atoms with Gasteiger partial charge in [0, 0.05) is 13.0 Å². The van der Waals surface area contributed by atoms with Crippen molar-refractivity contribution in [1.29, 1.82) is 0 Å². The number of furan rings is 1. The lowest BCUT2D eigenvalue weighted by molar-refractivity contribution is 0.223. The van der Waals surface area contributed by atoms with E-state index in [4.69, 9.17) is 4.42 Å². The third kappa shape index (κ3) is 3.86. The van der Waals surface area contributed by atoms with Crippen molar-refractivity contribution in [2.24, 2.45) is 5.92 Å². The van der Waals surface area contributed by atoms with Crippen molar-refractivity contribution < 1.29 is 4.42 Å². The molecule has 17 heavy (non-hydrogen) atoms. The van der Waals surface area contributed by atoms with Crippen LogP contribution in [0, 0.1) is 5.92 Å². The Hall–Kier alpha value is -0.800. The molecule has 0 bridgehead atoms. The van der Waals surface area contributed by atoms with Crippen LogP contribution in [0.5, 0.6) is 0 Å². The van der Waals surface area contributed by atoms with E-state index in [0.717, 1.165) is 36.9 Å². The van der Waals surface area contributed by atoms with Crippen LogP contribution >= 0.6 is 0 Å². The normalized spacial score (nSPS) is 21.0. The van der Waals surface area contributed by atoms with E-state index in [1.54, 1.807) is 0 Å². The molecular formula is C14H24N2O. The van der Waals surface area contributed by atoms with E-state index in [1.807, 2.05) is 0 Å². The zero-order chi connectivity index (χ0) is 12.1. The summed E-state index contributed by atoms with van der Waals surface area (Å²) in [7, 11) is 2.18. The summed E-state index contributed by atoms with van der Waals surface area (Å²) in [4.78, 5) is 2.37. The van der Waals surface area contributed by atoms with Crippen LogP contribution in [0.3, 0.4) is 0 Å². The highest BCUT2D eigenvalue weighted by atomic mass is 16.3. The van der Waals surface area contributed by atoms with E-state index in [2.05, 4.69) is 36.3 Å². The first-order valence-corrected chi connectivity index (χ1v) is 6.74. The van der Waals surface area contributed by atoms with Gasteiger partial charge in [-0.15, -0.1) is 0 Å². The van der Waals surface area contributed by atoms with Crippen LogP contribution in [0.4, 0.5) is 0 Å². The molecule has 0 amide bonds. The third-order valence-electron chi connectivity index (χ3n) is 3.46. The van der Waals surface area contributed by atoms with Crippen LogP contribution in [0.25, 0.3) is 0 Å². The van der Waals surface area contributed by atoms with Crippen molar-refractivity contribution in [3.8, 4) is 0 Å². The Labute approximate surface area is 104 Å². The van der Waals surface area contributed by atoms with Gasteiger partial charge < -0.3 is 9.73 Å². The zero-order valence-electron chi connectivity index (χ0n) is 11.0. The van der Waals surface area contributed by atoms with E-state index in [0.29, 0.717) is 0 Å². The van der Waals surface area contributed by atoms with Gasteiger partial charge in [-0.3, -0.25) is 4.90 Å².